The largest absolute Gasteiger partial charge is 0.315 e. The number of nitrogens with one attached hydrogen (secondary N) is 1. The van der Waals surface area contributed by atoms with E-state index in [1.807, 2.05) is 7.05 Å². The maximum absolute atomic E-state index is 11.9. The van der Waals surface area contributed by atoms with Crippen LogP contribution in [0.4, 0.5) is 0 Å². The zero-order valence-electron chi connectivity index (χ0n) is 12.6. The molecule has 1 aromatic carbocycles. The van der Waals surface area contributed by atoms with Gasteiger partial charge >= 0.3 is 0 Å². The van der Waals surface area contributed by atoms with Crippen molar-refractivity contribution in [2.45, 2.75) is 44.7 Å². The van der Waals surface area contributed by atoms with Crippen molar-refractivity contribution in [1.29, 1.82) is 0 Å². The Bertz CT molecular complexity index is 418. The molecule has 20 heavy (non-hydrogen) atoms. The highest BCUT2D eigenvalue weighted by atomic mass is 16.1. The van der Waals surface area contributed by atoms with Gasteiger partial charge in [-0.25, -0.2) is 0 Å². The second-order valence-electron chi connectivity index (χ2n) is 5.72. The molecule has 0 aromatic heterocycles. The summed E-state index contributed by atoms with van der Waals surface area (Å²) in [6, 6.07) is 11.0. The molecule has 2 rings (SSSR count). The summed E-state index contributed by atoms with van der Waals surface area (Å²) in [6.45, 7) is 3.79. The van der Waals surface area contributed by atoms with Crippen LogP contribution in [0.25, 0.3) is 0 Å². The van der Waals surface area contributed by atoms with Crippen molar-refractivity contribution in [1.82, 2.24) is 10.2 Å². The van der Waals surface area contributed by atoms with Crippen LogP contribution in [0.1, 0.15) is 31.7 Å². The number of Topliss-reactive ketones (excluding diaryl/α,β-unsaturated/α-hetero) is 1. The highest BCUT2D eigenvalue weighted by Gasteiger charge is 2.33. The van der Waals surface area contributed by atoms with Crippen molar-refractivity contribution in [3.8, 4) is 0 Å². The van der Waals surface area contributed by atoms with E-state index in [1.165, 1.54) is 12.0 Å². The van der Waals surface area contributed by atoms with Gasteiger partial charge in [0.1, 0.15) is 5.78 Å². The van der Waals surface area contributed by atoms with Crippen LogP contribution in [-0.4, -0.2) is 42.9 Å². The summed E-state index contributed by atoms with van der Waals surface area (Å²) in [6.07, 6.45) is 4.49. The third kappa shape index (κ3) is 3.90. The molecule has 1 aliphatic heterocycles. The van der Waals surface area contributed by atoms with Gasteiger partial charge < -0.3 is 5.32 Å². The van der Waals surface area contributed by atoms with Gasteiger partial charge in [-0.1, -0.05) is 30.3 Å². The third-order valence-corrected chi connectivity index (χ3v) is 4.28. The lowest BCUT2D eigenvalue weighted by atomic mass is 9.93. The van der Waals surface area contributed by atoms with E-state index in [1.54, 1.807) is 6.92 Å². The smallest absolute Gasteiger partial charge is 0.148 e. The number of benzene rings is 1. The minimum atomic E-state index is 0.0597. The van der Waals surface area contributed by atoms with E-state index < -0.39 is 0 Å². The summed E-state index contributed by atoms with van der Waals surface area (Å²) >= 11 is 0. The van der Waals surface area contributed by atoms with Crippen LogP contribution < -0.4 is 5.32 Å². The van der Waals surface area contributed by atoms with Crippen molar-refractivity contribution in [2.24, 2.45) is 0 Å². The first kappa shape index (κ1) is 15.2. The lowest BCUT2D eigenvalue weighted by molar-refractivity contribution is -0.124. The Morgan fingerprint density at radius 2 is 2.10 bits per heavy atom. The topological polar surface area (TPSA) is 32.3 Å². The Labute approximate surface area is 122 Å². The maximum atomic E-state index is 11.9. The quantitative estimate of drug-likeness (QED) is 0.863. The molecule has 0 bridgehead atoms. The number of rotatable bonds is 6. The van der Waals surface area contributed by atoms with E-state index in [9.17, 15) is 4.79 Å². The Kier molecular flexibility index (Phi) is 5.74. The molecule has 0 unspecified atom stereocenters. The SMILES string of the molecule is CN[C@H]1CCCN(CCCc2ccccc2)[C@H]1C(C)=O. The number of ketones is 1. The van der Waals surface area contributed by atoms with Gasteiger partial charge in [0.05, 0.1) is 6.04 Å². The summed E-state index contributed by atoms with van der Waals surface area (Å²) in [5.41, 5.74) is 1.38. The van der Waals surface area contributed by atoms with Gasteiger partial charge in [-0.2, -0.15) is 0 Å². The zero-order chi connectivity index (χ0) is 14.4. The number of hydrogen-bond donors (Lipinski definition) is 1. The number of aryl methyl sites for hydroxylation is 1. The predicted molar refractivity (Wildman–Crippen MR) is 82.9 cm³/mol. The lowest BCUT2D eigenvalue weighted by Gasteiger charge is -2.39. The second kappa shape index (κ2) is 7.55. The first-order valence-corrected chi connectivity index (χ1v) is 7.68. The fraction of sp³-hybridized carbons (Fsp3) is 0.588. The molecule has 0 amide bonds. The second-order valence-corrected chi connectivity index (χ2v) is 5.72. The molecule has 0 saturated carbocycles. The van der Waals surface area contributed by atoms with Crippen molar-refractivity contribution in [3.63, 3.8) is 0 Å². The molecular weight excluding hydrogens is 248 g/mol. The number of carbonyl (C=O) groups is 1. The molecule has 1 fully saturated rings. The van der Waals surface area contributed by atoms with Crippen LogP contribution in [0.15, 0.2) is 30.3 Å². The van der Waals surface area contributed by atoms with Crippen molar-refractivity contribution < 1.29 is 4.79 Å². The van der Waals surface area contributed by atoms with E-state index in [4.69, 9.17) is 0 Å². The van der Waals surface area contributed by atoms with E-state index >= 15 is 0 Å². The molecule has 110 valence electrons. The van der Waals surface area contributed by atoms with Crippen molar-refractivity contribution in [2.75, 3.05) is 20.1 Å². The average molecular weight is 274 g/mol. The predicted octanol–water partition coefficient (Wildman–Crippen LogP) is 2.26. The van der Waals surface area contributed by atoms with Gasteiger partial charge in [-0.3, -0.25) is 9.69 Å². The van der Waals surface area contributed by atoms with E-state index in [0.717, 1.165) is 32.4 Å². The monoisotopic (exact) mass is 274 g/mol. The molecule has 0 spiro atoms. The Balaban J connectivity index is 1.88. The van der Waals surface area contributed by atoms with Crippen LogP contribution in [0.2, 0.25) is 0 Å². The van der Waals surface area contributed by atoms with Crippen molar-refractivity contribution >= 4 is 5.78 Å². The lowest BCUT2D eigenvalue weighted by Crippen LogP contribution is -2.56. The highest BCUT2D eigenvalue weighted by molar-refractivity contribution is 5.82. The summed E-state index contributed by atoms with van der Waals surface area (Å²) in [4.78, 5) is 14.3. The average Bonchev–Trinajstić information content (AvgIpc) is 2.47. The normalized spacial score (nSPS) is 23.7. The molecule has 0 radical (unpaired) electrons. The van der Waals surface area contributed by atoms with Gasteiger partial charge in [-0.05, 0) is 58.3 Å². The third-order valence-electron chi connectivity index (χ3n) is 4.28. The van der Waals surface area contributed by atoms with Crippen LogP contribution in [0, 0.1) is 0 Å². The van der Waals surface area contributed by atoms with E-state index in [2.05, 4.69) is 40.5 Å². The standard InChI is InChI=1S/C17H26N2O/c1-14(20)17-16(18-2)11-7-13-19(17)12-6-10-15-8-4-3-5-9-15/h3-5,8-9,16-18H,6-7,10-13H2,1-2H3/t16-,17-/m0/s1. The summed E-state index contributed by atoms with van der Waals surface area (Å²) < 4.78 is 0. The Morgan fingerprint density at radius 1 is 1.35 bits per heavy atom. The number of likely N-dealkylation sites (N-methyl/N-ethyl adjacent to an activating group) is 1. The van der Waals surface area contributed by atoms with Crippen molar-refractivity contribution in [3.05, 3.63) is 35.9 Å². The number of likely N-dealkylation sites (tertiary alicyclic amines) is 1. The minimum Gasteiger partial charge on any atom is -0.315 e. The molecule has 1 saturated heterocycles. The fourth-order valence-electron chi connectivity index (χ4n) is 3.29. The molecular formula is C17H26N2O. The molecule has 1 aromatic rings. The maximum Gasteiger partial charge on any atom is 0.148 e. The molecule has 1 N–H and O–H groups in total. The van der Waals surface area contributed by atoms with Crippen LogP contribution >= 0.6 is 0 Å². The van der Waals surface area contributed by atoms with E-state index in [0.29, 0.717) is 11.8 Å². The Hall–Kier alpha value is -1.19. The number of nitrogens with zero attached hydrogens (tertiary/aromatic N) is 1. The molecule has 1 aliphatic rings. The van der Waals surface area contributed by atoms with E-state index in [-0.39, 0.29) is 6.04 Å². The molecule has 2 atom stereocenters. The first-order valence-electron chi connectivity index (χ1n) is 7.68. The van der Waals surface area contributed by atoms with Crippen LogP contribution in [0.5, 0.6) is 0 Å². The fourth-order valence-corrected chi connectivity index (χ4v) is 3.29. The van der Waals surface area contributed by atoms with Gasteiger partial charge in [0, 0.05) is 6.04 Å². The number of carbonyl (C=O) groups excluding carboxylic acids is 1. The van der Waals surface area contributed by atoms with Crippen LogP contribution in [-0.2, 0) is 11.2 Å². The summed E-state index contributed by atoms with van der Waals surface area (Å²) in [5.74, 6) is 0.295. The Morgan fingerprint density at radius 3 is 2.75 bits per heavy atom. The van der Waals surface area contributed by atoms with Gasteiger partial charge in [0.25, 0.3) is 0 Å². The summed E-state index contributed by atoms with van der Waals surface area (Å²) in [5, 5.41) is 3.31. The van der Waals surface area contributed by atoms with Crippen LogP contribution in [0.3, 0.4) is 0 Å². The molecule has 3 nitrogen and oxygen atoms in total. The molecule has 1 heterocycles. The van der Waals surface area contributed by atoms with Gasteiger partial charge in [-0.15, -0.1) is 0 Å². The summed E-state index contributed by atoms with van der Waals surface area (Å²) in [7, 11) is 1.97. The van der Waals surface area contributed by atoms with Gasteiger partial charge in [0.15, 0.2) is 0 Å². The first-order chi connectivity index (χ1) is 9.72. The highest BCUT2D eigenvalue weighted by Crippen LogP contribution is 2.19. The molecule has 3 heteroatoms. The number of hydrogen-bond acceptors (Lipinski definition) is 3. The van der Waals surface area contributed by atoms with Gasteiger partial charge in [0.2, 0.25) is 0 Å². The molecule has 0 aliphatic carbocycles. The minimum absolute atomic E-state index is 0.0597. The number of piperidine rings is 1. The zero-order valence-corrected chi connectivity index (χ0v) is 12.6.